The second-order valence-electron chi connectivity index (χ2n) is 6.79. The zero-order valence-corrected chi connectivity index (χ0v) is 15.5. The first-order valence-corrected chi connectivity index (χ1v) is 9.10. The molecule has 2 atom stereocenters. The van der Waals surface area contributed by atoms with Gasteiger partial charge in [0.1, 0.15) is 0 Å². The van der Waals surface area contributed by atoms with Gasteiger partial charge in [0.2, 0.25) is 0 Å². The topological polar surface area (TPSA) is 47.1 Å². The van der Waals surface area contributed by atoms with E-state index >= 15 is 0 Å². The van der Waals surface area contributed by atoms with Gasteiger partial charge in [0.25, 0.3) is 0 Å². The van der Waals surface area contributed by atoms with Crippen LogP contribution in [0.3, 0.4) is 0 Å². The van der Waals surface area contributed by atoms with Crippen molar-refractivity contribution in [3.05, 3.63) is 17.5 Å². The molecule has 1 aromatic rings. The van der Waals surface area contributed by atoms with Crippen LogP contribution in [0.25, 0.3) is 0 Å². The molecule has 0 amide bonds. The highest BCUT2D eigenvalue weighted by Gasteiger charge is 2.30. The zero-order valence-electron chi connectivity index (χ0n) is 14.7. The van der Waals surface area contributed by atoms with Gasteiger partial charge in [-0.15, -0.1) is 0 Å². The van der Waals surface area contributed by atoms with Gasteiger partial charge in [-0.1, -0.05) is 27.7 Å². The normalized spacial score (nSPS) is 15.5. The molecule has 0 saturated heterocycles. The molecule has 0 fully saturated rings. The number of nitrogens with zero attached hydrogens (tertiary/aromatic N) is 3. The fraction of sp³-hybridized carbons (Fsp3) is 0.812. The van der Waals surface area contributed by atoms with E-state index < -0.39 is 0 Å². The molecule has 0 aliphatic carbocycles. The van der Waals surface area contributed by atoms with Crippen molar-refractivity contribution in [2.24, 2.45) is 12.8 Å². The van der Waals surface area contributed by atoms with Crippen molar-refractivity contribution in [2.75, 3.05) is 25.6 Å². The molecule has 2 unspecified atom stereocenters. The molecule has 122 valence electrons. The molecule has 1 rings (SSSR count). The molecule has 0 aliphatic rings. The molecule has 0 radical (unpaired) electrons. The van der Waals surface area contributed by atoms with Gasteiger partial charge in [-0.25, -0.2) is 0 Å². The van der Waals surface area contributed by atoms with Gasteiger partial charge in [-0.3, -0.25) is 9.58 Å². The summed E-state index contributed by atoms with van der Waals surface area (Å²) in [6.45, 7) is 9.51. The van der Waals surface area contributed by atoms with E-state index in [0.29, 0.717) is 12.6 Å². The van der Waals surface area contributed by atoms with Gasteiger partial charge < -0.3 is 5.73 Å². The monoisotopic (exact) mass is 312 g/mol. The van der Waals surface area contributed by atoms with E-state index in [9.17, 15) is 0 Å². The van der Waals surface area contributed by atoms with E-state index in [1.165, 1.54) is 5.56 Å². The number of likely N-dealkylation sites (N-methyl/N-ethyl adjacent to an activating group) is 1. The molecule has 0 spiro atoms. The van der Waals surface area contributed by atoms with E-state index in [1.807, 2.05) is 23.5 Å². The minimum absolute atomic E-state index is 0.0338. The van der Waals surface area contributed by atoms with Crippen LogP contribution in [-0.4, -0.2) is 46.3 Å². The van der Waals surface area contributed by atoms with Crippen LogP contribution >= 0.6 is 11.8 Å². The summed E-state index contributed by atoms with van der Waals surface area (Å²) in [6.07, 6.45) is 5.44. The first-order valence-electron chi connectivity index (χ1n) is 7.71. The van der Waals surface area contributed by atoms with Crippen LogP contribution < -0.4 is 5.73 Å². The molecule has 2 N–H and O–H groups in total. The van der Waals surface area contributed by atoms with E-state index in [4.69, 9.17) is 10.8 Å². The molecular weight excluding hydrogens is 280 g/mol. The predicted molar refractivity (Wildman–Crippen MR) is 93.9 cm³/mol. The molecule has 1 heterocycles. The molecular formula is C16H32N4S. The first kappa shape index (κ1) is 18.5. The third-order valence-corrected chi connectivity index (χ3v) is 4.77. The molecule has 0 bridgehead atoms. The van der Waals surface area contributed by atoms with Crippen molar-refractivity contribution in [3.63, 3.8) is 0 Å². The van der Waals surface area contributed by atoms with Crippen LogP contribution in [0.4, 0.5) is 0 Å². The lowest BCUT2D eigenvalue weighted by Gasteiger charge is -2.35. The molecule has 4 nitrogen and oxygen atoms in total. The average molecular weight is 313 g/mol. The van der Waals surface area contributed by atoms with E-state index in [2.05, 4.69) is 52.1 Å². The van der Waals surface area contributed by atoms with Crippen molar-refractivity contribution in [3.8, 4) is 0 Å². The fourth-order valence-corrected chi connectivity index (χ4v) is 3.67. The van der Waals surface area contributed by atoms with E-state index in [1.54, 1.807) is 0 Å². The van der Waals surface area contributed by atoms with Gasteiger partial charge in [0, 0.05) is 42.6 Å². The Morgan fingerprint density at radius 3 is 2.48 bits per heavy atom. The Morgan fingerprint density at radius 2 is 2.05 bits per heavy atom. The number of thioether (sulfide) groups is 1. The Morgan fingerprint density at radius 1 is 1.43 bits per heavy atom. The highest BCUT2D eigenvalue weighted by molar-refractivity contribution is 7.98. The van der Waals surface area contributed by atoms with Crippen LogP contribution in [0.1, 0.15) is 51.4 Å². The summed E-state index contributed by atoms with van der Waals surface area (Å²) in [4.78, 5) is 2.43. The van der Waals surface area contributed by atoms with Gasteiger partial charge in [0.15, 0.2) is 0 Å². The second kappa shape index (κ2) is 7.65. The van der Waals surface area contributed by atoms with E-state index in [0.717, 1.165) is 17.9 Å². The Bertz CT molecular complexity index is 436. The Hall–Kier alpha value is -0.520. The summed E-state index contributed by atoms with van der Waals surface area (Å²) in [6, 6.07) is 0.770. The van der Waals surface area contributed by atoms with Crippen molar-refractivity contribution in [1.82, 2.24) is 14.7 Å². The summed E-state index contributed by atoms with van der Waals surface area (Å²) < 4.78 is 1.92. The second-order valence-corrected chi connectivity index (χ2v) is 7.70. The summed E-state index contributed by atoms with van der Waals surface area (Å²) >= 11 is 1.90. The maximum absolute atomic E-state index is 6.13. The van der Waals surface area contributed by atoms with E-state index in [-0.39, 0.29) is 11.5 Å². The van der Waals surface area contributed by atoms with Crippen molar-refractivity contribution >= 4 is 11.8 Å². The largest absolute Gasteiger partial charge is 0.329 e. The number of aromatic nitrogens is 2. The van der Waals surface area contributed by atoms with Gasteiger partial charge in [0.05, 0.1) is 11.7 Å². The smallest absolute Gasteiger partial charge is 0.0726 e. The van der Waals surface area contributed by atoms with Gasteiger partial charge >= 0.3 is 0 Å². The molecule has 0 saturated carbocycles. The van der Waals surface area contributed by atoms with Crippen LogP contribution in [0.2, 0.25) is 0 Å². The van der Waals surface area contributed by atoms with Gasteiger partial charge in [-0.2, -0.15) is 16.9 Å². The number of aryl methyl sites for hydroxylation is 1. The number of nitrogens with two attached hydrogens (primary N) is 1. The lowest BCUT2D eigenvalue weighted by Crippen LogP contribution is -2.40. The van der Waals surface area contributed by atoms with Crippen molar-refractivity contribution in [2.45, 2.75) is 51.6 Å². The Kier molecular flexibility index (Phi) is 6.75. The average Bonchev–Trinajstić information content (AvgIpc) is 2.78. The summed E-state index contributed by atoms with van der Waals surface area (Å²) in [5, 5.41) is 4.69. The number of rotatable bonds is 7. The van der Waals surface area contributed by atoms with Crippen LogP contribution in [0, 0.1) is 0 Å². The maximum Gasteiger partial charge on any atom is 0.0726 e. The van der Waals surface area contributed by atoms with Crippen molar-refractivity contribution in [1.29, 1.82) is 0 Å². The standard InChI is InChI=1S/C16H32N4S/c1-8-12(11-21-7)20(6)14(9-17)13-10-19(5)18-15(13)16(2,3)4/h10,12,14H,8-9,11,17H2,1-7H3. The zero-order chi connectivity index (χ0) is 16.2. The minimum atomic E-state index is 0.0338. The lowest BCUT2D eigenvalue weighted by atomic mass is 9.87. The highest BCUT2D eigenvalue weighted by atomic mass is 32.2. The van der Waals surface area contributed by atoms with Crippen LogP contribution in [0.15, 0.2) is 6.20 Å². The lowest BCUT2D eigenvalue weighted by molar-refractivity contribution is 0.186. The first-order chi connectivity index (χ1) is 9.76. The third kappa shape index (κ3) is 4.47. The van der Waals surface area contributed by atoms with Crippen molar-refractivity contribution < 1.29 is 0 Å². The fourth-order valence-electron chi connectivity index (χ4n) is 2.82. The molecule has 1 aromatic heterocycles. The van der Waals surface area contributed by atoms with Gasteiger partial charge in [-0.05, 0) is 19.7 Å². The summed E-state index contributed by atoms with van der Waals surface area (Å²) in [5.41, 5.74) is 8.60. The molecule has 5 heteroatoms. The molecule has 21 heavy (non-hydrogen) atoms. The maximum atomic E-state index is 6.13. The van der Waals surface area contributed by atoms with Crippen LogP contribution in [0.5, 0.6) is 0 Å². The Balaban J connectivity index is 3.15. The predicted octanol–water partition coefficient (Wildman–Crippen LogP) is 2.79. The summed E-state index contributed by atoms with van der Waals surface area (Å²) in [5.74, 6) is 1.13. The molecule has 0 aromatic carbocycles. The SMILES string of the molecule is CCC(CSC)N(C)C(CN)c1cn(C)nc1C(C)(C)C. The quantitative estimate of drug-likeness (QED) is 0.841. The summed E-state index contributed by atoms with van der Waals surface area (Å²) in [7, 11) is 4.19. The minimum Gasteiger partial charge on any atom is -0.329 e. The molecule has 0 aliphatic heterocycles. The number of hydrogen-bond donors (Lipinski definition) is 1. The third-order valence-electron chi connectivity index (χ3n) is 4.05. The Labute approximate surface area is 134 Å². The number of hydrogen-bond acceptors (Lipinski definition) is 4. The van der Waals surface area contributed by atoms with Crippen LogP contribution in [-0.2, 0) is 12.5 Å². The highest BCUT2D eigenvalue weighted by Crippen LogP contribution is 2.31.